The summed E-state index contributed by atoms with van der Waals surface area (Å²) in [6, 6.07) is 4.11. The van der Waals surface area contributed by atoms with Gasteiger partial charge in [0.15, 0.2) is 11.4 Å². The quantitative estimate of drug-likeness (QED) is 0.611. The number of hydrogen-bond acceptors (Lipinski definition) is 7. The largest absolute Gasteiger partial charge is 0.444 e. The van der Waals surface area contributed by atoms with Crippen LogP contribution in [0.15, 0.2) is 8.95 Å². The molecule has 168 valence electrons. The van der Waals surface area contributed by atoms with Gasteiger partial charge in [-0.2, -0.15) is 20.7 Å². The molecule has 0 spiro atoms. The van der Waals surface area contributed by atoms with Gasteiger partial charge in [-0.25, -0.2) is 4.79 Å². The summed E-state index contributed by atoms with van der Waals surface area (Å²) in [5, 5.41) is 29.0. The Morgan fingerprint density at radius 2 is 1.55 bits per heavy atom. The van der Waals surface area contributed by atoms with E-state index in [2.05, 4.69) is 53.4 Å². The molecule has 0 aliphatic heterocycles. The minimum absolute atomic E-state index is 0.269. The molecule has 0 saturated carbocycles. The number of carbonyl (C=O) groups is 1. The monoisotopic (exact) mass is 556 g/mol. The van der Waals surface area contributed by atoms with Crippen molar-refractivity contribution < 1.29 is 9.53 Å². The van der Waals surface area contributed by atoms with Gasteiger partial charge in [-0.15, -0.1) is 0 Å². The summed E-state index contributed by atoms with van der Waals surface area (Å²) in [6.07, 6.45) is -0.427. The Bertz CT molecular complexity index is 1010. The summed E-state index contributed by atoms with van der Waals surface area (Å²) in [6.45, 7) is 6.36. The fraction of sp³-hybridized carbons (Fsp3) is 0.526. The van der Waals surface area contributed by atoms with Crippen LogP contribution in [0.4, 0.5) is 4.79 Å². The third-order valence-corrected chi connectivity index (χ3v) is 5.43. The number of halogens is 2. The molecule has 2 aromatic heterocycles. The maximum Gasteiger partial charge on any atom is 0.410 e. The van der Waals surface area contributed by atoms with Crippen LogP contribution in [0.2, 0.25) is 0 Å². The number of hydrogen-bond donors (Lipinski definition) is 1. The Morgan fingerprint density at radius 3 is 1.94 bits per heavy atom. The standard InChI is InChI=1S/C12H17BrN4O2.C7H9BrN4/c1-12(2,3)19-11(18)16(4)7-8-10(13)9(6-14)17(5)15-8;1-10-4-5-7(8)6(3-9)12(2)11-5/h7H2,1-5H3;10H,4H2,1-2H3. The van der Waals surface area contributed by atoms with Crippen LogP contribution in [0, 0.1) is 22.7 Å². The first-order chi connectivity index (χ1) is 14.4. The van der Waals surface area contributed by atoms with Crippen molar-refractivity contribution >= 4 is 38.0 Å². The molecule has 10 nitrogen and oxygen atoms in total. The highest BCUT2D eigenvalue weighted by Gasteiger charge is 2.22. The Morgan fingerprint density at radius 1 is 1.10 bits per heavy atom. The average Bonchev–Trinajstić information content (AvgIpc) is 3.08. The maximum absolute atomic E-state index is 11.8. The molecular formula is C19H26Br2N8O2. The van der Waals surface area contributed by atoms with Crippen molar-refractivity contribution in [2.24, 2.45) is 14.1 Å². The number of nitrogens with zero attached hydrogens (tertiary/aromatic N) is 7. The summed E-state index contributed by atoms with van der Waals surface area (Å²) < 4.78 is 9.67. The van der Waals surface area contributed by atoms with Crippen molar-refractivity contribution in [1.82, 2.24) is 29.8 Å². The molecule has 0 radical (unpaired) electrons. The molecule has 0 bridgehead atoms. The third kappa shape index (κ3) is 7.35. The van der Waals surface area contributed by atoms with Crippen LogP contribution < -0.4 is 5.32 Å². The van der Waals surface area contributed by atoms with Crippen LogP contribution in [0.5, 0.6) is 0 Å². The van der Waals surface area contributed by atoms with Crippen molar-refractivity contribution in [3.63, 3.8) is 0 Å². The lowest BCUT2D eigenvalue weighted by Gasteiger charge is -2.24. The highest BCUT2D eigenvalue weighted by Crippen LogP contribution is 2.22. The maximum atomic E-state index is 11.8. The molecule has 0 aliphatic rings. The molecule has 1 N–H and O–H groups in total. The second kappa shape index (κ2) is 11.3. The highest BCUT2D eigenvalue weighted by atomic mass is 79.9. The zero-order chi connectivity index (χ0) is 23.9. The van der Waals surface area contributed by atoms with Crippen LogP contribution in [-0.4, -0.2) is 50.3 Å². The highest BCUT2D eigenvalue weighted by molar-refractivity contribution is 9.10. The van der Waals surface area contributed by atoms with Crippen molar-refractivity contribution in [3.8, 4) is 12.1 Å². The number of aromatic nitrogens is 4. The van der Waals surface area contributed by atoms with Gasteiger partial charge in [0.2, 0.25) is 0 Å². The average molecular weight is 558 g/mol. The SMILES string of the molecule is CN(Cc1nn(C)c(C#N)c1Br)C(=O)OC(C)(C)C.CNCc1nn(C)c(C#N)c1Br. The van der Waals surface area contributed by atoms with Gasteiger partial charge in [-0.05, 0) is 59.7 Å². The van der Waals surface area contributed by atoms with Gasteiger partial charge < -0.3 is 15.0 Å². The zero-order valence-corrected chi connectivity index (χ0v) is 21.8. The predicted octanol–water partition coefficient (Wildman–Crippen LogP) is 3.19. The number of nitriles is 2. The first-order valence-corrected chi connectivity index (χ1v) is 10.8. The summed E-state index contributed by atoms with van der Waals surface area (Å²) in [4.78, 5) is 13.2. The molecule has 31 heavy (non-hydrogen) atoms. The summed E-state index contributed by atoms with van der Waals surface area (Å²) in [7, 11) is 6.90. The molecule has 2 aromatic rings. The van der Waals surface area contributed by atoms with Crippen LogP contribution in [-0.2, 0) is 31.9 Å². The van der Waals surface area contributed by atoms with E-state index in [1.165, 1.54) is 9.58 Å². The molecule has 0 fully saturated rings. The number of carbonyl (C=O) groups excluding carboxylic acids is 1. The molecule has 0 atom stereocenters. The third-order valence-electron chi connectivity index (χ3n) is 3.76. The molecular weight excluding hydrogens is 532 g/mol. The first-order valence-electron chi connectivity index (χ1n) is 9.17. The predicted molar refractivity (Wildman–Crippen MR) is 122 cm³/mol. The van der Waals surface area contributed by atoms with Gasteiger partial charge in [-0.1, -0.05) is 0 Å². The molecule has 0 unspecified atom stereocenters. The molecule has 0 aromatic carbocycles. The molecule has 2 rings (SSSR count). The number of rotatable bonds is 4. The smallest absolute Gasteiger partial charge is 0.410 e. The van der Waals surface area contributed by atoms with Gasteiger partial charge in [0, 0.05) is 27.7 Å². The van der Waals surface area contributed by atoms with Crippen molar-refractivity contribution in [1.29, 1.82) is 10.5 Å². The molecule has 1 amide bonds. The minimum atomic E-state index is -0.537. The van der Waals surface area contributed by atoms with E-state index in [1.54, 1.807) is 25.8 Å². The lowest BCUT2D eigenvalue weighted by Crippen LogP contribution is -2.34. The van der Waals surface area contributed by atoms with Crippen molar-refractivity contribution in [2.75, 3.05) is 14.1 Å². The van der Waals surface area contributed by atoms with Gasteiger partial charge in [-0.3, -0.25) is 9.36 Å². The van der Waals surface area contributed by atoms with Crippen molar-refractivity contribution in [3.05, 3.63) is 31.7 Å². The number of nitrogens with one attached hydrogen (secondary N) is 1. The first kappa shape index (κ1) is 26.6. The second-order valence-electron chi connectivity index (χ2n) is 7.56. The molecule has 2 heterocycles. The van der Waals surface area contributed by atoms with E-state index in [-0.39, 0.29) is 6.54 Å². The Kier molecular flexibility index (Phi) is 9.69. The van der Waals surface area contributed by atoms with Crippen LogP contribution in [0.1, 0.15) is 43.5 Å². The normalized spacial score (nSPS) is 10.5. The summed E-state index contributed by atoms with van der Waals surface area (Å²) in [5.41, 5.74) is 1.92. The number of aryl methyl sites for hydroxylation is 2. The number of ether oxygens (including phenoxy) is 1. The second-order valence-corrected chi connectivity index (χ2v) is 9.14. The zero-order valence-electron chi connectivity index (χ0n) is 18.6. The fourth-order valence-electron chi connectivity index (χ4n) is 2.36. The van der Waals surface area contributed by atoms with Crippen LogP contribution in [0.25, 0.3) is 0 Å². The lowest BCUT2D eigenvalue weighted by atomic mass is 10.2. The Labute approximate surface area is 199 Å². The molecule has 12 heteroatoms. The molecule has 0 saturated heterocycles. The fourth-order valence-corrected chi connectivity index (χ4v) is 3.48. The van der Waals surface area contributed by atoms with Gasteiger partial charge in [0.05, 0.1) is 26.9 Å². The van der Waals surface area contributed by atoms with Gasteiger partial charge >= 0.3 is 6.09 Å². The lowest BCUT2D eigenvalue weighted by molar-refractivity contribution is 0.0282. The van der Waals surface area contributed by atoms with E-state index in [0.717, 1.165) is 10.2 Å². The summed E-state index contributed by atoms with van der Waals surface area (Å²) >= 11 is 6.63. The minimum Gasteiger partial charge on any atom is -0.444 e. The van der Waals surface area contributed by atoms with Crippen LogP contribution >= 0.6 is 31.9 Å². The topological polar surface area (TPSA) is 125 Å². The van der Waals surface area contributed by atoms with E-state index >= 15 is 0 Å². The summed E-state index contributed by atoms with van der Waals surface area (Å²) in [5.74, 6) is 0. The van der Waals surface area contributed by atoms with E-state index in [1.807, 2.05) is 33.9 Å². The Hall–Kier alpha value is -2.41. The van der Waals surface area contributed by atoms with Gasteiger partial charge in [0.25, 0.3) is 0 Å². The van der Waals surface area contributed by atoms with Crippen LogP contribution in [0.3, 0.4) is 0 Å². The van der Waals surface area contributed by atoms with E-state index in [9.17, 15) is 4.79 Å². The van der Waals surface area contributed by atoms with Gasteiger partial charge in [0.1, 0.15) is 17.7 Å². The van der Waals surface area contributed by atoms with E-state index in [0.29, 0.717) is 28.1 Å². The molecule has 0 aliphatic carbocycles. The van der Waals surface area contributed by atoms with Crippen molar-refractivity contribution in [2.45, 2.75) is 39.5 Å². The van der Waals surface area contributed by atoms with E-state index in [4.69, 9.17) is 15.3 Å². The van der Waals surface area contributed by atoms with E-state index < -0.39 is 11.7 Å². The Balaban J connectivity index is 0.000000343. The number of amides is 1.